The van der Waals surface area contributed by atoms with Crippen LogP contribution >= 0.6 is 0 Å². The third-order valence-electron chi connectivity index (χ3n) is 7.06. The van der Waals surface area contributed by atoms with Crippen molar-refractivity contribution in [1.29, 1.82) is 5.26 Å². The van der Waals surface area contributed by atoms with E-state index in [0.29, 0.717) is 32.7 Å². The van der Waals surface area contributed by atoms with Gasteiger partial charge in [-0.15, -0.1) is 0 Å². The minimum atomic E-state index is -1.77. The fourth-order valence-corrected chi connectivity index (χ4v) is 4.92. The number of ether oxygens (including phenoxy) is 2. The second-order valence-electron chi connectivity index (χ2n) is 10.6. The van der Waals surface area contributed by atoms with E-state index in [9.17, 15) is 24.9 Å². The van der Waals surface area contributed by atoms with Gasteiger partial charge in [-0.1, -0.05) is 30.3 Å². The first kappa shape index (κ1) is 29.6. The number of nitrogens with zero attached hydrogens (tertiary/aromatic N) is 3. The highest BCUT2D eigenvalue weighted by Crippen LogP contribution is 2.23. The first-order chi connectivity index (χ1) is 18.1. The zero-order valence-electron chi connectivity index (χ0n) is 22.5. The number of likely N-dealkylation sites (tertiary alicyclic amines) is 1. The topological polar surface area (TPSA) is 135 Å². The maximum Gasteiger partial charge on any atom is 0.475 e. The molecule has 2 aliphatic rings. The molecule has 3 rings (SSSR count). The predicted octanol–water partition coefficient (Wildman–Crippen LogP) is 1.67. The molecule has 2 aliphatic heterocycles. The van der Waals surface area contributed by atoms with Gasteiger partial charge in [-0.25, -0.2) is 4.79 Å². The van der Waals surface area contributed by atoms with Gasteiger partial charge in [0.2, 0.25) is 0 Å². The standard InChI is InChI=1S/C27H39BN4O6/c1-20-18-32(13-14-37-20)27(2,3)16-22(17-29)25(33)31-12-8-7-11-23(19-31)38-26(34)30-24(28(35)36)15-21-9-5-4-6-10-21/h4-6,9-10,16,20,23-24,35-36H,7-8,11-15,18-19H2,1-3H3,(H,30,34)/t20-,23+,24-/m0/s1. The third-order valence-corrected chi connectivity index (χ3v) is 7.06. The first-order valence-electron chi connectivity index (χ1n) is 13.2. The molecule has 0 saturated carbocycles. The van der Waals surface area contributed by atoms with Gasteiger partial charge in [0.1, 0.15) is 17.7 Å². The van der Waals surface area contributed by atoms with E-state index in [1.807, 2.05) is 51.1 Å². The quantitative estimate of drug-likeness (QED) is 0.265. The monoisotopic (exact) mass is 526 g/mol. The van der Waals surface area contributed by atoms with Crippen molar-refractivity contribution < 1.29 is 29.1 Å². The van der Waals surface area contributed by atoms with E-state index in [-0.39, 0.29) is 30.5 Å². The maximum atomic E-state index is 13.4. The molecular formula is C27H39BN4O6. The minimum absolute atomic E-state index is 0.0607. The molecule has 0 bridgehead atoms. The highest BCUT2D eigenvalue weighted by Gasteiger charge is 2.33. The summed E-state index contributed by atoms with van der Waals surface area (Å²) in [5.74, 6) is -1.34. The SMILES string of the molecule is C[C@H]1CN(C(C)(C)C=C(C#N)C(=O)N2CCCC[C@@H](OC(=O)N[C@@H](Cc3ccccc3)B(O)O)C2)CCO1. The highest BCUT2D eigenvalue weighted by atomic mass is 16.6. The van der Waals surface area contributed by atoms with Gasteiger partial charge in [-0.2, -0.15) is 5.26 Å². The number of morpholine rings is 1. The summed E-state index contributed by atoms with van der Waals surface area (Å²) < 4.78 is 11.2. The average Bonchev–Trinajstić information content (AvgIpc) is 3.12. The Morgan fingerprint density at radius 2 is 2.00 bits per heavy atom. The summed E-state index contributed by atoms with van der Waals surface area (Å²) in [5, 5.41) is 31.9. The molecule has 3 N–H and O–H groups in total. The molecule has 38 heavy (non-hydrogen) atoms. The van der Waals surface area contributed by atoms with E-state index in [1.165, 1.54) is 0 Å². The number of nitriles is 1. The molecule has 2 fully saturated rings. The Bertz CT molecular complexity index is 1010. The summed E-state index contributed by atoms with van der Waals surface area (Å²) in [6, 6.07) is 11.3. The van der Waals surface area contributed by atoms with Crippen molar-refractivity contribution in [2.45, 2.75) is 70.1 Å². The van der Waals surface area contributed by atoms with Crippen molar-refractivity contribution in [3.05, 3.63) is 47.5 Å². The number of rotatable bonds is 8. The number of amides is 2. The number of hydrogen-bond acceptors (Lipinski definition) is 8. The Kier molecular flexibility index (Phi) is 10.7. The predicted molar refractivity (Wildman–Crippen MR) is 143 cm³/mol. The molecule has 2 heterocycles. The molecule has 3 atom stereocenters. The van der Waals surface area contributed by atoms with Crippen LogP contribution in [0.1, 0.15) is 45.6 Å². The van der Waals surface area contributed by atoms with E-state index in [1.54, 1.807) is 11.0 Å². The van der Waals surface area contributed by atoms with Crippen LogP contribution in [-0.4, -0.2) is 95.4 Å². The van der Waals surface area contributed by atoms with E-state index in [4.69, 9.17) is 9.47 Å². The summed E-state index contributed by atoms with van der Waals surface area (Å²) in [5.41, 5.74) is 0.382. The fourth-order valence-electron chi connectivity index (χ4n) is 4.92. The molecular weight excluding hydrogens is 487 g/mol. The smallest absolute Gasteiger partial charge is 0.444 e. The number of hydrogen-bond donors (Lipinski definition) is 3. The lowest BCUT2D eigenvalue weighted by Crippen LogP contribution is -2.51. The van der Waals surface area contributed by atoms with Crippen LogP contribution in [0.4, 0.5) is 4.79 Å². The minimum Gasteiger partial charge on any atom is -0.444 e. The van der Waals surface area contributed by atoms with Crippen LogP contribution in [0.25, 0.3) is 0 Å². The number of carbonyl (C=O) groups excluding carboxylic acids is 2. The van der Waals surface area contributed by atoms with Crippen LogP contribution in [0, 0.1) is 11.3 Å². The molecule has 0 aromatic heterocycles. The third kappa shape index (κ3) is 8.56. The molecule has 0 spiro atoms. The molecule has 1 aromatic carbocycles. The lowest BCUT2D eigenvalue weighted by Gasteiger charge is -2.41. The normalized spacial score (nSPS) is 22.1. The van der Waals surface area contributed by atoms with Gasteiger partial charge < -0.3 is 29.7 Å². The number of alkyl carbamates (subject to hydrolysis) is 1. The molecule has 0 radical (unpaired) electrons. The fraction of sp³-hybridized carbons (Fsp3) is 0.593. The van der Waals surface area contributed by atoms with Gasteiger partial charge in [0, 0.05) is 25.2 Å². The largest absolute Gasteiger partial charge is 0.475 e. The zero-order valence-corrected chi connectivity index (χ0v) is 22.5. The summed E-state index contributed by atoms with van der Waals surface area (Å²) in [7, 11) is -1.77. The maximum absolute atomic E-state index is 13.4. The zero-order chi connectivity index (χ0) is 27.7. The number of benzene rings is 1. The van der Waals surface area contributed by atoms with E-state index in [2.05, 4.69) is 16.3 Å². The van der Waals surface area contributed by atoms with Crippen molar-refractivity contribution in [3.8, 4) is 6.07 Å². The molecule has 1 aromatic rings. The van der Waals surface area contributed by atoms with Crippen LogP contribution in [0.15, 0.2) is 42.0 Å². The van der Waals surface area contributed by atoms with E-state index < -0.39 is 30.8 Å². The van der Waals surface area contributed by atoms with Gasteiger partial charge in [0.05, 0.1) is 25.2 Å². The molecule has 206 valence electrons. The Hall–Kier alpha value is -2.91. The first-order valence-corrected chi connectivity index (χ1v) is 13.2. The van der Waals surface area contributed by atoms with Crippen LogP contribution < -0.4 is 5.32 Å². The molecule has 0 aliphatic carbocycles. The summed E-state index contributed by atoms with van der Waals surface area (Å²) in [4.78, 5) is 29.8. The van der Waals surface area contributed by atoms with E-state index in [0.717, 1.165) is 18.4 Å². The Morgan fingerprint density at radius 1 is 1.26 bits per heavy atom. The second-order valence-corrected chi connectivity index (χ2v) is 10.6. The summed E-state index contributed by atoms with van der Waals surface area (Å²) >= 11 is 0. The van der Waals surface area contributed by atoms with Gasteiger partial charge in [0.15, 0.2) is 0 Å². The van der Waals surface area contributed by atoms with Gasteiger partial charge >= 0.3 is 13.2 Å². The summed E-state index contributed by atoms with van der Waals surface area (Å²) in [6.07, 6.45) is 2.69. The van der Waals surface area contributed by atoms with Crippen molar-refractivity contribution >= 4 is 19.1 Å². The Morgan fingerprint density at radius 3 is 2.66 bits per heavy atom. The highest BCUT2D eigenvalue weighted by molar-refractivity contribution is 6.43. The average molecular weight is 526 g/mol. The second kappa shape index (κ2) is 13.8. The molecule has 2 saturated heterocycles. The molecule has 11 heteroatoms. The van der Waals surface area contributed by atoms with Crippen LogP contribution in [-0.2, 0) is 20.7 Å². The van der Waals surface area contributed by atoms with Crippen LogP contribution in [0.2, 0.25) is 0 Å². The molecule has 2 amide bonds. The number of nitrogens with one attached hydrogen (secondary N) is 1. The van der Waals surface area contributed by atoms with Gasteiger partial charge in [-0.05, 0) is 58.1 Å². The van der Waals surface area contributed by atoms with Crippen molar-refractivity contribution in [2.75, 3.05) is 32.8 Å². The summed E-state index contributed by atoms with van der Waals surface area (Å²) in [6.45, 7) is 8.60. The lowest BCUT2D eigenvalue weighted by atomic mass is 9.76. The van der Waals surface area contributed by atoms with Crippen LogP contribution in [0.3, 0.4) is 0 Å². The molecule has 0 unspecified atom stereocenters. The van der Waals surface area contributed by atoms with Crippen molar-refractivity contribution in [2.24, 2.45) is 0 Å². The van der Waals surface area contributed by atoms with E-state index >= 15 is 0 Å². The van der Waals surface area contributed by atoms with Crippen LogP contribution in [0.5, 0.6) is 0 Å². The van der Waals surface area contributed by atoms with Crippen molar-refractivity contribution in [1.82, 2.24) is 15.1 Å². The Balaban J connectivity index is 1.63. The lowest BCUT2D eigenvalue weighted by molar-refractivity contribution is -0.127. The van der Waals surface area contributed by atoms with Crippen molar-refractivity contribution in [3.63, 3.8) is 0 Å². The Labute approximate surface area is 225 Å². The number of carbonyl (C=O) groups is 2. The van der Waals surface area contributed by atoms with Gasteiger partial charge in [-0.3, -0.25) is 9.69 Å². The molecule has 10 nitrogen and oxygen atoms in total. The van der Waals surface area contributed by atoms with Gasteiger partial charge in [0.25, 0.3) is 5.91 Å².